The lowest BCUT2D eigenvalue weighted by molar-refractivity contribution is 0.0708. The van der Waals surface area contributed by atoms with Crippen LogP contribution < -0.4 is 10.5 Å². The molecule has 0 saturated carbocycles. The summed E-state index contributed by atoms with van der Waals surface area (Å²) in [6.07, 6.45) is 0. The van der Waals surface area contributed by atoms with E-state index in [4.69, 9.17) is 10.5 Å². The maximum atomic E-state index is 12.3. The van der Waals surface area contributed by atoms with Gasteiger partial charge in [0.25, 0.3) is 5.91 Å². The lowest BCUT2D eigenvalue weighted by Gasteiger charge is -2.28. The van der Waals surface area contributed by atoms with E-state index in [1.807, 2.05) is 6.92 Å². The summed E-state index contributed by atoms with van der Waals surface area (Å²) >= 11 is 0. The molecule has 0 aliphatic rings. The van der Waals surface area contributed by atoms with Gasteiger partial charge in [-0.25, -0.2) is 0 Å². The molecule has 0 saturated heterocycles. The number of nitrogens with two attached hydrogens (primary N) is 1. The smallest absolute Gasteiger partial charge is 0.255 e. The summed E-state index contributed by atoms with van der Waals surface area (Å²) in [6.45, 7) is 6.21. The van der Waals surface area contributed by atoms with Crippen LogP contribution in [0.3, 0.4) is 0 Å². The van der Waals surface area contributed by atoms with Gasteiger partial charge >= 0.3 is 0 Å². The standard InChI is InChI=1S/C14H22N2O2/c1-9(2)10(3)16(4)14(17)12-7-6-11(18-5)8-13(12)15/h6-10H,15H2,1-5H3. The lowest BCUT2D eigenvalue weighted by Crippen LogP contribution is -2.38. The number of benzene rings is 1. The SMILES string of the molecule is COc1ccc(C(=O)N(C)C(C)C(C)C)c(N)c1. The molecule has 18 heavy (non-hydrogen) atoms. The summed E-state index contributed by atoms with van der Waals surface area (Å²) < 4.78 is 5.07. The van der Waals surface area contributed by atoms with Gasteiger partial charge in [-0.05, 0) is 25.0 Å². The summed E-state index contributed by atoms with van der Waals surface area (Å²) in [5, 5.41) is 0. The molecule has 0 aromatic heterocycles. The summed E-state index contributed by atoms with van der Waals surface area (Å²) in [5.74, 6) is 0.999. The van der Waals surface area contributed by atoms with Crippen LogP contribution in [-0.2, 0) is 0 Å². The molecule has 1 atom stereocenters. The van der Waals surface area contributed by atoms with Crippen molar-refractivity contribution >= 4 is 11.6 Å². The third-order valence-corrected chi connectivity index (χ3v) is 3.39. The van der Waals surface area contributed by atoms with Gasteiger partial charge in [0, 0.05) is 24.8 Å². The molecule has 0 bridgehead atoms. The van der Waals surface area contributed by atoms with Gasteiger partial charge < -0.3 is 15.4 Å². The Kier molecular flexibility index (Phi) is 4.59. The average molecular weight is 250 g/mol. The Morgan fingerprint density at radius 1 is 1.33 bits per heavy atom. The van der Waals surface area contributed by atoms with Gasteiger partial charge in [0.05, 0.1) is 12.7 Å². The predicted molar refractivity (Wildman–Crippen MR) is 73.8 cm³/mol. The van der Waals surface area contributed by atoms with Crippen LogP contribution in [0.2, 0.25) is 0 Å². The topological polar surface area (TPSA) is 55.6 Å². The van der Waals surface area contributed by atoms with Crippen LogP contribution in [0.1, 0.15) is 31.1 Å². The fourth-order valence-electron chi connectivity index (χ4n) is 1.68. The highest BCUT2D eigenvalue weighted by Crippen LogP contribution is 2.22. The number of nitrogen functional groups attached to an aromatic ring is 1. The Balaban J connectivity index is 2.97. The van der Waals surface area contributed by atoms with Gasteiger partial charge in [-0.3, -0.25) is 4.79 Å². The van der Waals surface area contributed by atoms with Gasteiger partial charge in [0.2, 0.25) is 0 Å². The van der Waals surface area contributed by atoms with Gasteiger partial charge in [-0.1, -0.05) is 13.8 Å². The van der Waals surface area contributed by atoms with Gasteiger partial charge in [-0.2, -0.15) is 0 Å². The molecule has 0 aliphatic carbocycles. The number of anilines is 1. The summed E-state index contributed by atoms with van der Waals surface area (Å²) in [7, 11) is 3.37. The molecule has 1 aromatic rings. The Morgan fingerprint density at radius 2 is 1.94 bits per heavy atom. The normalized spacial score (nSPS) is 12.3. The second kappa shape index (κ2) is 5.76. The quantitative estimate of drug-likeness (QED) is 0.835. The van der Waals surface area contributed by atoms with E-state index in [0.717, 1.165) is 0 Å². The van der Waals surface area contributed by atoms with Crippen LogP contribution in [0.4, 0.5) is 5.69 Å². The molecule has 100 valence electrons. The number of ether oxygens (including phenoxy) is 1. The van der Waals surface area contributed by atoms with Crippen molar-refractivity contribution < 1.29 is 9.53 Å². The van der Waals surface area contributed by atoms with E-state index in [1.54, 1.807) is 37.3 Å². The molecule has 1 rings (SSSR count). The number of carbonyl (C=O) groups excluding carboxylic acids is 1. The van der Waals surface area contributed by atoms with Crippen molar-refractivity contribution in [2.24, 2.45) is 5.92 Å². The minimum atomic E-state index is -0.0589. The van der Waals surface area contributed by atoms with E-state index in [1.165, 1.54) is 0 Å². The Morgan fingerprint density at radius 3 is 2.39 bits per heavy atom. The molecule has 0 spiro atoms. The third kappa shape index (κ3) is 2.94. The third-order valence-electron chi connectivity index (χ3n) is 3.39. The van der Waals surface area contributed by atoms with Gasteiger partial charge in [-0.15, -0.1) is 0 Å². The first-order valence-electron chi connectivity index (χ1n) is 6.09. The number of rotatable bonds is 4. The highest BCUT2D eigenvalue weighted by Gasteiger charge is 2.21. The van der Waals surface area contributed by atoms with Crippen LogP contribution in [0.15, 0.2) is 18.2 Å². The van der Waals surface area contributed by atoms with Crippen molar-refractivity contribution in [2.45, 2.75) is 26.8 Å². The van der Waals surface area contributed by atoms with Gasteiger partial charge in [0.1, 0.15) is 5.75 Å². The van der Waals surface area contributed by atoms with Crippen molar-refractivity contribution in [1.82, 2.24) is 4.90 Å². The molecule has 0 fully saturated rings. The number of hydrogen-bond donors (Lipinski definition) is 1. The molecule has 1 unspecified atom stereocenters. The minimum Gasteiger partial charge on any atom is -0.497 e. The van der Waals surface area contributed by atoms with E-state index >= 15 is 0 Å². The zero-order valence-corrected chi connectivity index (χ0v) is 11.7. The van der Waals surface area contributed by atoms with Crippen LogP contribution in [0.25, 0.3) is 0 Å². The number of carbonyl (C=O) groups is 1. The lowest BCUT2D eigenvalue weighted by atomic mass is 10.0. The number of methoxy groups -OCH3 is 1. The fourth-order valence-corrected chi connectivity index (χ4v) is 1.68. The Labute approximate surface area is 109 Å². The summed E-state index contributed by atoms with van der Waals surface area (Å²) in [4.78, 5) is 14.0. The fraction of sp³-hybridized carbons (Fsp3) is 0.500. The van der Waals surface area contributed by atoms with Crippen LogP contribution in [-0.4, -0.2) is 31.0 Å². The Bertz CT molecular complexity index is 430. The van der Waals surface area contributed by atoms with Crippen molar-refractivity contribution in [3.05, 3.63) is 23.8 Å². The van der Waals surface area contributed by atoms with E-state index in [-0.39, 0.29) is 11.9 Å². The molecule has 0 aliphatic heterocycles. The van der Waals surface area contributed by atoms with Crippen LogP contribution >= 0.6 is 0 Å². The first-order chi connectivity index (χ1) is 8.38. The summed E-state index contributed by atoms with van der Waals surface area (Å²) in [6, 6.07) is 5.29. The maximum absolute atomic E-state index is 12.3. The highest BCUT2D eigenvalue weighted by atomic mass is 16.5. The molecule has 0 heterocycles. The second-order valence-corrected chi connectivity index (χ2v) is 4.85. The minimum absolute atomic E-state index is 0.0589. The van der Waals surface area contributed by atoms with E-state index in [9.17, 15) is 4.79 Å². The molecular formula is C14H22N2O2. The van der Waals surface area contributed by atoms with Crippen LogP contribution in [0.5, 0.6) is 5.75 Å². The van der Waals surface area contributed by atoms with Crippen molar-refractivity contribution in [2.75, 3.05) is 19.9 Å². The van der Waals surface area contributed by atoms with E-state index < -0.39 is 0 Å². The van der Waals surface area contributed by atoms with Crippen LogP contribution in [0, 0.1) is 5.92 Å². The number of amides is 1. The predicted octanol–water partition coefficient (Wildman–Crippen LogP) is 2.39. The van der Waals surface area contributed by atoms with Crippen molar-refractivity contribution in [1.29, 1.82) is 0 Å². The van der Waals surface area contributed by atoms with Crippen molar-refractivity contribution in [3.8, 4) is 5.75 Å². The molecule has 0 radical (unpaired) electrons. The highest BCUT2D eigenvalue weighted by molar-refractivity contribution is 5.99. The van der Waals surface area contributed by atoms with E-state index in [2.05, 4.69) is 13.8 Å². The molecule has 4 heteroatoms. The first-order valence-corrected chi connectivity index (χ1v) is 6.09. The largest absolute Gasteiger partial charge is 0.497 e. The average Bonchev–Trinajstić information content (AvgIpc) is 2.35. The number of nitrogens with zero attached hydrogens (tertiary/aromatic N) is 1. The second-order valence-electron chi connectivity index (χ2n) is 4.85. The van der Waals surface area contributed by atoms with Gasteiger partial charge in [0.15, 0.2) is 0 Å². The maximum Gasteiger partial charge on any atom is 0.255 e. The molecule has 1 amide bonds. The zero-order chi connectivity index (χ0) is 13.9. The molecular weight excluding hydrogens is 228 g/mol. The number of hydrogen-bond acceptors (Lipinski definition) is 3. The molecule has 1 aromatic carbocycles. The monoisotopic (exact) mass is 250 g/mol. The molecule has 2 N–H and O–H groups in total. The Hall–Kier alpha value is -1.71. The first kappa shape index (κ1) is 14.4. The zero-order valence-electron chi connectivity index (χ0n) is 11.7. The summed E-state index contributed by atoms with van der Waals surface area (Å²) in [5.41, 5.74) is 6.85. The van der Waals surface area contributed by atoms with E-state index in [0.29, 0.717) is 22.9 Å². The molecule has 4 nitrogen and oxygen atoms in total. The van der Waals surface area contributed by atoms with Crippen molar-refractivity contribution in [3.63, 3.8) is 0 Å².